The van der Waals surface area contributed by atoms with Crippen LogP contribution in [-0.2, 0) is 29.7 Å². The van der Waals surface area contributed by atoms with E-state index in [1.165, 1.54) is 0 Å². The molecule has 0 aromatic heterocycles. The van der Waals surface area contributed by atoms with E-state index in [-0.39, 0.29) is 24.0 Å². The zero-order valence-electron chi connectivity index (χ0n) is 17.0. The Morgan fingerprint density at radius 1 is 1.23 bits per heavy atom. The van der Waals surface area contributed by atoms with Crippen LogP contribution in [0.15, 0.2) is 23.1 Å². The Morgan fingerprint density at radius 3 is 2.60 bits per heavy atom. The number of fused-ring (bicyclic) bond motifs is 1. The van der Waals surface area contributed by atoms with Crippen molar-refractivity contribution in [1.29, 1.82) is 0 Å². The highest BCUT2D eigenvalue weighted by Gasteiger charge is 2.46. The van der Waals surface area contributed by atoms with Gasteiger partial charge in [0.25, 0.3) is 10.1 Å². The number of carboxylic acid groups (broad SMARTS) is 1. The zero-order chi connectivity index (χ0) is 22.4. The van der Waals surface area contributed by atoms with Gasteiger partial charge in [-0.2, -0.15) is 13.0 Å². The number of carboxylic acids is 1. The first kappa shape index (κ1) is 24.8. The summed E-state index contributed by atoms with van der Waals surface area (Å²) >= 11 is 0.868. The SMILES string of the molecule is CC1=[N+](CCCS(=O)(=O)O)c2ccc(SOOO)cc2C1(C)CCCCCC(=O)O. The molecule has 2 rings (SSSR count). The molecule has 0 amide bonds. The molecule has 0 aliphatic carbocycles. The van der Waals surface area contributed by atoms with Crippen LogP contribution in [0, 0.1) is 0 Å². The molecule has 1 heterocycles. The van der Waals surface area contributed by atoms with Crippen LogP contribution >= 0.6 is 12.0 Å². The lowest BCUT2D eigenvalue weighted by Gasteiger charge is -2.22. The minimum atomic E-state index is -4.03. The number of hydrogen-bond donors (Lipinski definition) is 3. The van der Waals surface area contributed by atoms with Crippen molar-refractivity contribution >= 4 is 39.5 Å². The predicted octanol–water partition coefficient (Wildman–Crippen LogP) is 3.80. The fraction of sp³-hybridized carbons (Fsp3) is 0.579. The molecule has 0 saturated carbocycles. The minimum absolute atomic E-state index is 0.150. The van der Waals surface area contributed by atoms with Gasteiger partial charge in [0, 0.05) is 36.3 Å². The lowest BCUT2D eigenvalue weighted by molar-refractivity contribution is -0.438. The maximum Gasteiger partial charge on any atom is 0.303 e. The van der Waals surface area contributed by atoms with Gasteiger partial charge in [-0.15, -0.1) is 4.33 Å². The van der Waals surface area contributed by atoms with Crippen LogP contribution in [-0.4, -0.2) is 51.9 Å². The molecule has 30 heavy (non-hydrogen) atoms. The molecule has 1 atom stereocenters. The second-order valence-electron chi connectivity index (χ2n) is 7.57. The predicted molar refractivity (Wildman–Crippen MR) is 112 cm³/mol. The van der Waals surface area contributed by atoms with Gasteiger partial charge in [-0.3, -0.25) is 9.35 Å². The van der Waals surface area contributed by atoms with Crippen molar-refractivity contribution in [3.8, 4) is 0 Å². The fourth-order valence-corrected chi connectivity index (χ4v) is 4.81. The van der Waals surface area contributed by atoms with E-state index in [0.717, 1.165) is 53.2 Å². The van der Waals surface area contributed by atoms with Crippen molar-refractivity contribution in [2.24, 2.45) is 0 Å². The fourth-order valence-electron chi connectivity index (χ4n) is 3.91. The third-order valence-corrected chi connectivity index (χ3v) is 6.95. The Bertz CT molecular complexity index is 900. The summed E-state index contributed by atoms with van der Waals surface area (Å²) in [6, 6.07) is 5.66. The van der Waals surface area contributed by atoms with E-state index in [2.05, 4.69) is 20.9 Å². The molecule has 1 aliphatic heterocycles. The Hall–Kier alpha value is -1.50. The van der Waals surface area contributed by atoms with Crippen LogP contribution in [0.2, 0.25) is 0 Å². The zero-order valence-corrected chi connectivity index (χ0v) is 18.7. The van der Waals surface area contributed by atoms with Gasteiger partial charge in [0.1, 0.15) is 6.54 Å². The highest BCUT2D eigenvalue weighted by molar-refractivity contribution is 7.94. The standard InChI is InChI=1S/C19H27NO8S2/c1-14-19(2,10-5-3-4-7-18(21)22)16-13-15(29-28-27-23)8-9-17(16)20(14)11-6-12-30(24,25)26/h8-9,13H,3-7,10-12H2,1-2H3,(H2-,21,22,23,24,25,26)/p+1. The van der Waals surface area contributed by atoms with E-state index in [1.54, 1.807) is 0 Å². The van der Waals surface area contributed by atoms with Crippen molar-refractivity contribution in [1.82, 2.24) is 0 Å². The monoisotopic (exact) mass is 462 g/mol. The molecule has 0 spiro atoms. The van der Waals surface area contributed by atoms with Crippen molar-refractivity contribution in [3.63, 3.8) is 0 Å². The topological polar surface area (TPSA) is 133 Å². The van der Waals surface area contributed by atoms with Crippen LogP contribution in [0.3, 0.4) is 0 Å². The smallest absolute Gasteiger partial charge is 0.303 e. The van der Waals surface area contributed by atoms with Gasteiger partial charge < -0.3 is 5.11 Å². The van der Waals surface area contributed by atoms with Crippen LogP contribution in [0.25, 0.3) is 0 Å². The van der Waals surface area contributed by atoms with E-state index in [4.69, 9.17) is 14.9 Å². The van der Waals surface area contributed by atoms with Gasteiger partial charge in [0.05, 0.1) is 23.2 Å². The summed E-state index contributed by atoms with van der Waals surface area (Å²) in [5, 5.41) is 20.9. The summed E-state index contributed by atoms with van der Waals surface area (Å²) in [4.78, 5) is 11.5. The maximum absolute atomic E-state index is 11.1. The minimum Gasteiger partial charge on any atom is -0.481 e. The average molecular weight is 463 g/mol. The summed E-state index contributed by atoms with van der Waals surface area (Å²) in [6.07, 6.45) is 3.48. The third-order valence-electron chi connectivity index (χ3n) is 5.57. The number of benzene rings is 1. The van der Waals surface area contributed by atoms with E-state index in [1.807, 2.05) is 25.1 Å². The summed E-state index contributed by atoms with van der Waals surface area (Å²) < 4.78 is 37.8. The molecule has 1 aliphatic rings. The van der Waals surface area contributed by atoms with Crippen molar-refractivity contribution in [2.45, 2.75) is 62.7 Å². The molecule has 3 N–H and O–H groups in total. The lowest BCUT2D eigenvalue weighted by Crippen LogP contribution is -2.30. The Kier molecular flexibility index (Phi) is 8.83. The summed E-state index contributed by atoms with van der Waals surface area (Å²) in [6.45, 7) is 4.56. The third kappa shape index (κ3) is 6.50. The molecule has 1 aromatic rings. The molecule has 0 fully saturated rings. The van der Waals surface area contributed by atoms with Gasteiger partial charge in [-0.1, -0.05) is 17.9 Å². The number of carbonyl (C=O) groups is 1. The molecule has 168 valence electrons. The Labute approximate surface area is 180 Å². The van der Waals surface area contributed by atoms with Gasteiger partial charge in [0.15, 0.2) is 5.71 Å². The molecular weight excluding hydrogens is 434 g/mol. The Morgan fingerprint density at radius 2 is 1.97 bits per heavy atom. The average Bonchev–Trinajstić information content (AvgIpc) is 2.87. The number of nitrogens with zero attached hydrogens (tertiary/aromatic N) is 1. The molecule has 11 heteroatoms. The first-order valence-electron chi connectivity index (χ1n) is 9.66. The van der Waals surface area contributed by atoms with E-state index >= 15 is 0 Å². The van der Waals surface area contributed by atoms with Crippen LogP contribution in [0.1, 0.15) is 57.9 Å². The lowest BCUT2D eigenvalue weighted by atomic mass is 9.76. The number of aliphatic carboxylic acids is 1. The number of rotatable bonds is 13. The van der Waals surface area contributed by atoms with Crippen molar-refractivity contribution in [3.05, 3.63) is 23.8 Å². The van der Waals surface area contributed by atoms with Crippen LogP contribution < -0.4 is 0 Å². The molecule has 0 bridgehead atoms. The molecule has 1 aromatic carbocycles. The highest BCUT2D eigenvalue weighted by atomic mass is 32.2. The normalized spacial score (nSPS) is 18.7. The van der Waals surface area contributed by atoms with E-state index in [9.17, 15) is 13.2 Å². The van der Waals surface area contributed by atoms with Gasteiger partial charge in [0.2, 0.25) is 5.69 Å². The van der Waals surface area contributed by atoms with E-state index < -0.39 is 16.1 Å². The van der Waals surface area contributed by atoms with Crippen LogP contribution in [0.5, 0.6) is 0 Å². The summed E-state index contributed by atoms with van der Waals surface area (Å²) in [7, 11) is -4.03. The quantitative estimate of drug-likeness (QED) is 0.0999. The maximum atomic E-state index is 11.1. The second kappa shape index (κ2) is 10.7. The number of unbranched alkanes of at least 4 members (excludes halogenated alkanes) is 2. The number of hydrogen-bond acceptors (Lipinski definition) is 7. The molecule has 0 saturated heterocycles. The first-order valence-corrected chi connectivity index (χ1v) is 12.0. The molecule has 9 nitrogen and oxygen atoms in total. The van der Waals surface area contributed by atoms with Crippen molar-refractivity contribution < 1.29 is 42.1 Å². The van der Waals surface area contributed by atoms with Gasteiger partial charge in [-0.25, -0.2) is 5.26 Å². The second-order valence-corrected chi connectivity index (χ2v) is 9.91. The highest BCUT2D eigenvalue weighted by Crippen LogP contribution is 2.44. The summed E-state index contributed by atoms with van der Waals surface area (Å²) in [5.74, 6) is -1.11. The van der Waals surface area contributed by atoms with Crippen molar-refractivity contribution in [2.75, 3.05) is 12.3 Å². The molecule has 0 radical (unpaired) electrons. The summed E-state index contributed by atoms with van der Waals surface area (Å²) in [5.41, 5.74) is 2.72. The largest absolute Gasteiger partial charge is 0.481 e. The molecule has 1 unspecified atom stereocenters. The molecular formula is C19H28NO8S2+. The first-order chi connectivity index (χ1) is 14.1. The van der Waals surface area contributed by atoms with Crippen LogP contribution in [0.4, 0.5) is 5.69 Å². The van der Waals surface area contributed by atoms with E-state index in [0.29, 0.717) is 13.0 Å². The Balaban J connectivity index is 2.25. The van der Waals surface area contributed by atoms with Gasteiger partial charge >= 0.3 is 5.97 Å². The van der Waals surface area contributed by atoms with Gasteiger partial charge in [-0.05, 0) is 31.9 Å².